The summed E-state index contributed by atoms with van der Waals surface area (Å²) in [6.45, 7) is 2.26. The molecule has 0 radical (unpaired) electrons. The summed E-state index contributed by atoms with van der Waals surface area (Å²) in [5, 5.41) is 2.76. The molecule has 0 aliphatic carbocycles. The van der Waals surface area contributed by atoms with Crippen molar-refractivity contribution in [1.82, 2.24) is 5.32 Å². The fourth-order valence-electron chi connectivity index (χ4n) is 1.32. The molecule has 3 N–H and O–H groups in total. The molecule has 96 valence electrons. The first-order chi connectivity index (χ1) is 7.63. The molecule has 0 aromatic heterocycles. The van der Waals surface area contributed by atoms with Gasteiger partial charge in [0.15, 0.2) is 0 Å². The number of carbonyl (C=O) groups excluding carboxylic acids is 1. The average molecular weight is 259 g/mol. The van der Waals surface area contributed by atoms with E-state index in [1.54, 1.807) is 14.0 Å². The number of methoxy groups -OCH3 is 1. The average Bonchev–Trinajstić information content (AvgIpc) is 2.29. The van der Waals surface area contributed by atoms with Crippen molar-refractivity contribution in [2.75, 3.05) is 13.7 Å². The van der Waals surface area contributed by atoms with E-state index in [1.807, 2.05) is 24.3 Å². The van der Waals surface area contributed by atoms with Crippen LogP contribution in [0.1, 0.15) is 12.5 Å². The van der Waals surface area contributed by atoms with E-state index in [1.165, 1.54) is 0 Å². The third-order valence-electron chi connectivity index (χ3n) is 2.26. The van der Waals surface area contributed by atoms with Gasteiger partial charge in [0.05, 0.1) is 13.2 Å². The second-order valence-corrected chi connectivity index (χ2v) is 3.68. The number of ether oxygens (including phenoxy) is 1. The Morgan fingerprint density at radius 2 is 2.24 bits per heavy atom. The summed E-state index contributed by atoms with van der Waals surface area (Å²) in [5.41, 5.74) is 6.56. The molecule has 1 unspecified atom stereocenters. The Morgan fingerprint density at radius 1 is 1.53 bits per heavy atom. The number of amides is 1. The van der Waals surface area contributed by atoms with Crippen molar-refractivity contribution >= 4 is 18.3 Å². The van der Waals surface area contributed by atoms with Crippen LogP contribution in [0.2, 0.25) is 0 Å². The zero-order valence-electron chi connectivity index (χ0n) is 10.1. The minimum absolute atomic E-state index is 0. The number of nitrogens with one attached hydrogen (secondary N) is 1. The fraction of sp³-hybridized carbons (Fsp3) is 0.417. The first kappa shape index (κ1) is 15.7. The van der Waals surface area contributed by atoms with Gasteiger partial charge in [-0.25, -0.2) is 0 Å². The van der Waals surface area contributed by atoms with Gasteiger partial charge < -0.3 is 15.8 Å². The van der Waals surface area contributed by atoms with Gasteiger partial charge >= 0.3 is 0 Å². The van der Waals surface area contributed by atoms with Crippen LogP contribution < -0.4 is 15.8 Å². The highest BCUT2D eigenvalue weighted by Gasteiger charge is 2.05. The highest BCUT2D eigenvalue weighted by molar-refractivity contribution is 5.85. The van der Waals surface area contributed by atoms with E-state index in [9.17, 15) is 4.79 Å². The maximum atomic E-state index is 11.2. The van der Waals surface area contributed by atoms with Crippen molar-refractivity contribution in [3.8, 4) is 5.75 Å². The Labute approximate surface area is 108 Å². The van der Waals surface area contributed by atoms with Crippen molar-refractivity contribution in [2.24, 2.45) is 5.73 Å². The van der Waals surface area contributed by atoms with Crippen LogP contribution >= 0.6 is 12.4 Å². The first-order valence-electron chi connectivity index (χ1n) is 5.29. The molecule has 1 aromatic carbocycles. The van der Waals surface area contributed by atoms with Crippen LogP contribution in [0.5, 0.6) is 5.75 Å². The molecule has 1 atom stereocenters. The predicted octanol–water partition coefficient (Wildman–Crippen LogP) is 1.12. The summed E-state index contributed by atoms with van der Waals surface area (Å²) in [6, 6.07) is 7.33. The number of rotatable bonds is 5. The maximum Gasteiger partial charge on any atom is 0.236 e. The standard InChI is InChI=1S/C12H18N2O2.ClH/c1-9(13)12(15)14-7-6-10-4-3-5-11(8-10)16-2;/h3-5,8-9H,6-7,13H2,1-2H3,(H,14,15);1H. The molecule has 0 heterocycles. The Bertz CT molecular complexity index is 356. The van der Waals surface area contributed by atoms with Gasteiger partial charge in [0, 0.05) is 6.54 Å². The normalized spacial score (nSPS) is 11.2. The van der Waals surface area contributed by atoms with E-state index in [0.717, 1.165) is 17.7 Å². The van der Waals surface area contributed by atoms with Crippen molar-refractivity contribution in [3.63, 3.8) is 0 Å². The third-order valence-corrected chi connectivity index (χ3v) is 2.26. The molecule has 0 aliphatic heterocycles. The quantitative estimate of drug-likeness (QED) is 0.832. The molecule has 4 nitrogen and oxygen atoms in total. The SMILES string of the molecule is COc1cccc(CCNC(=O)C(C)N)c1.Cl. The van der Waals surface area contributed by atoms with Crippen molar-refractivity contribution in [3.05, 3.63) is 29.8 Å². The molecule has 0 saturated carbocycles. The lowest BCUT2D eigenvalue weighted by Gasteiger charge is -2.08. The number of nitrogens with two attached hydrogens (primary N) is 1. The summed E-state index contributed by atoms with van der Waals surface area (Å²) >= 11 is 0. The van der Waals surface area contributed by atoms with E-state index in [2.05, 4.69) is 5.32 Å². The Hall–Kier alpha value is -1.26. The monoisotopic (exact) mass is 258 g/mol. The molecular weight excluding hydrogens is 240 g/mol. The van der Waals surface area contributed by atoms with Crippen LogP contribution in [0.15, 0.2) is 24.3 Å². The van der Waals surface area contributed by atoms with Gasteiger partial charge in [-0.2, -0.15) is 0 Å². The molecule has 5 heteroatoms. The van der Waals surface area contributed by atoms with Crippen LogP contribution in [0.25, 0.3) is 0 Å². The van der Waals surface area contributed by atoms with Gasteiger partial charge in [-0.1, -0.05) is 12.1 Å². The van der Waals surface area contributed by atoms with Crippen LogP contribution in [0.4, 0.5) is 0 Å². The van der Waals surface area contributed by atoms with Gasteiger partial charge in [0.1, 0.15) is 5.75 Å². The van der Waals surface area contributed by atoms with Gasteiger partial charge in [0.2, 0.25) is 5.91 Å². The Morgan fingerprint density at radius 3 is 2.82 bits per heavy atom. The van der Waals surface area contributed by atoms with E-state index in [-0.39, 0.29) is 18.3 Å². The molecule has 0 saturated heterocycles. The number of carbonyl (C=O) groups is 1. The van der Waals surface area contributed by atoms with Gasteiger partial charge in [-0.3, -0.25) is 4.79 Å². The minimum Gasteiger partial charge on any atom is -0.497 e. The zero-order chi connectivity index (χ0) is 12.0. The highest BCUT2D eigenvalue weighted by Crippen LogP contribution is 2.12. The summed E-state index contributed by atoms with van der Waals surface area (Å²) in [4.78, 5) is 11.2. The van der Waals surface area contributed by atoms with Crippen LogP contribution in [-0.2, 0) is 11.2 Å². The lowest BCUT2D eigenvalue weighted by atomic mass is 10.1. The Kier molecular flexibility index (Phi) is 7.34. The van der Waals surface area contributed by atoms with Gasteiger partial charge in [-0.05, 0) is 31.0 Å². The van der Waals surface area contributed by atoms with E-state index in [4.69, 9.17) is 10.5 Å². The number of hydrogen-bond donors (Lipinski definition) is 2. The molecule has 0 spiro atoms. The fourth-order valence-corrected chi connectivity index (χ4v) is 1.32. The van der Waals surface area contributed by atoms with Crippen molar-refractivity contribution < 1.29 is 9.53 Å². The van der Waals surface area contributed by atoms with Crippen molar-refractivity contribution in [2.45, 2.75) is 19.4 Å². The molecule has 1 amide bonds. The van der Waals surface area contributed by atoms with Crippen molar-refractivity contribution in [1.29, 1.82) is 0 Å². The summed E-state index contributed by atoms with van der Waals surface area (Å²) in [7, 11) is 1.64. The highest BCUT2D eigenvalue weighted by atomic mass is 35.5. The summed E-state index contributed by atoms with van der Waals surface area (Å²) in [6.07, 6.45) is 0.773. The predicted molar refractivity (Wildman–Crippen MR) is 70.6 cm³/mol. The largest absolute Gasteiger partial charge is 0.497 e. The number of hydrogen-bond acceptors (Lipinski definition) is 3. The molecule has 0 aliphatic rings. The summed E-state index contributed by atoms with van der Waals surface area (Å²) < 4.78 is 5.11. The first-order valence-corrected chi connectivity index (χ1v) is 5.29. The lowest BCUT2D eigenvalue weighted by Crippen LogP contribution is -2.39. The molecule has 17 heavy (non-hydrogen) atoms. The zero-order valence-corrected chi connectivity index (χ0v) is 10.9. The number of halogens is 1. The molecular formula is C12H19ClN2O2. The molecule has 1 rings (SSSR count). The maximum absolute atomic E-state index is 11.2. The number of benzene rings is 1. The van der Waals surface area contributed by atoms with Gasteiger partial charge in [-0.15, -0.1) is 12.4 Å². The Balaban J connectivity index is 0.00000256. The molecule has 0 fully saturated rings. The van der Waals surface area contributed by atoms with Gasteiger partial charge in [0.25, 0.3) is 0 Å². The minimum atomic E-state index is -0.453. The third kappa shape index (κ3) is 5.56. The van der Waals surface area contributed by atoms with Crippen LogP contribution in [0, 0.1) is 0 Å². The van der Waals surface area contributed by atoms with E-state index in [0.29, 0.717) is 6.54 Å². The second-order valence-electron chi connectivity index (χ2n) is 3.68. The topological polar surface area (TPSA) is 64.3 Å². The lowest BCUT2D eigenvalue weighted by molar-refractivity contribution is -0.121. The van der Waals surface area contributed by atoms with Crippen LogP contribution in [0.3, 0.4) is 0 Å². The van der Waals surface area contributed by atoms with E-state index < -0.39 is 6.04 Å². The molecule has 0 bridgehead atoms. The van der Waals surface area contributed by atoms with E-state index >= 15 is 0 Å². The second kappa shape index (κ2) is 7.92. The smallest absolute Gasteiger partial charge is 0.236 e. The molecule has 1 aromatic rings. The summed E-state index contributed by atoms with van der Waals surface area (Å²) in [5.74, 6) is 0.707. The van der Waals surface area contributed by atoms with Crippen LogP contribution in [-0.4, -0.2) is 25.6 Å².